The summed E-state index contributed by atoms with van der Waals surface area (Å²) in [6.45, 7) is 8.29. The third kappa shape index (κ3) is 4.64. The molecule has 1 atom stereocenters. The van der Waals surface area contributed by atoms with Gasteiger partial charge in [-0.25, -0.2) is 0 Å². The predicted octanol–water partition coefficient (Wildman–Crippen LogP) is 2.98. The molecule has 8 heteroatoms. The molecule has 3 fully saturated rings. The van der Waals surface area contributed by atoms with Crippen molar-refractivity contribution < 1.29 is 19.1 Å². The van der Waals surface area contributed by atoms with Gasteiger partial charge in [0.1, 0.15) is 6.04 Å². The van der Waals surface area contributed by atoms with Crippen molar-refractivity contribution >= 4 is 23.4 Å². The number of ether oxygens (including phenoxy) is 1. The lowest BCUT2D eigenvalue weighted by Gasteiger charge is -2.52. The number of nitrogens with one attached hydrogen (secondary N) is 2. The van der Waals surface area contributed by atoms with Crippen molar-refractivity contribution in [1.29, 1.82) is 0 Å². The van der Waals surface area contributed by atoms with E-state index in [1.54, 1.807) is 4.90 Å². The zero-order chi connectivity index (χ0) is 25.6. The van der Waals surface area contributed by atoms with Crippen molar-refractivity contribution in [2.75, 3.05) is 31.6 Å². The molecule has 4 aliphatic rings. The van der Waals surface area contributed by atoms with Crippen LogP contribution in [0.15, 0.2) is 36.4 Å². The monoisotopic (exact) mass is 502 g/mol. The average Bonchev–Trinajstić information content (AvgIpc) is 3.20. The van der Waals surface area contributed by atoms with Crippen LogP contribution in [0.5, 0.6) is 0 Å². The number of amides is 3. The van der Waals surface area contributed by atoms with Gasteiger partial charge in [-0.3, -0.25) is 24.6 Å². The third-order valence-corrected chi connectivity index (χ3v) is 8.51. The fraction of sp³-hybridized carbons (Fsp3) is 0.483. The molecule has 0 saturated carbocycles. The van der Waals surface area contributed by atoms with E-state index in [2.05, 4.69) is 40.7 Å². The number of carbonyl (C=O) groups excluding carboxylic acids is 3. The topological polar surface area (TPSA) is 91.0 Å². The van der Waals surface area contributed by atoms with Gasteiger partial charge in [0, 0.05) is 63.5 Å². The van der Waals surface area contributed by atoms with E-state index in [0.717, 1.165) is 36.6 Å². The Morgan fingerprint density at radius 3 is 2.68 bits per heavy atom. The number of rotatable bonds is 6. The lowest BCUT2D eigenvalue weighted by Crippen LogP contribution is -2.57. The molecule has 37 heavy (non-hydrogen) atoms. The maximum absolute atomic E-state index is 13.3. The molecule has 8 nitrogen and oxygen atoms in total. The highest BCUT2D eigenvalue weighted by Crippen LogP contribution is 2.40. The number of imide groups is 1. The first-order chi connectivity index (χ1) is 17.9. The van der Waals surface area contributed by atoms with Gasteiger partial charge in [0.25, 0.3) is 5.91 Å². The minimum absolute atomic E-state index is 0.157. The smallest absolute Gasteiger partial charge is 0.257 e. The van der Waals surface area contributed by atoms with E-state index in [0.29, 0.717) is 30.5 Å². The number of hydrogen-bond donors (Lipinski definition) is 2. The Morgan fingerprint density at radius 1 is 1.11 bits per heavy atom. The normalized spacial score (nSPS) is 23.1. The van der Waals surface area contributed by atoms with Crippen molar-refractivity contribution in [2.24, 2.45) is 5.41 Å². The maximum Gasteiger partial charge on any atom is 0.257 e. The van der Waals surface area contributed by atoms with Crippen LogP contribution in [0.25, 0.3) is 0 Å². The molecule has 4 heterocycles. The highest BCUT2D eigenvalue weighted by atomic mass is 16.5. The fourth-order valence-corrected chi connectivity index (χ4v) is 6.38. The van der Waals surface area contributed by atoms with Crippen LogP contribution in [-0.2, 0) is 34.0 Å². The molecule has 6 rings (SSSR count). The summed E-state index contributed by atoms with van der Waals surface area (Å²) >= 11 is 0. The molecule has 0 aromatic heterocycles. The number of piperidine rings is 1. The Bertz CT molecular complexity index is 1240. The molecule has 4 aliphatic heterocycles. The van der Waals surface area contributed by atoms with Crippen LogP contribution in [0.2, 0.25) is 0 Å². The van der Waals surface area contributed by atoms with Gasteiger partial charge in [0.05, 0.1) is 5.56 Å². The standard InChI is InChI=1S/C29H34N4O4/c1-19-13-20(5-6-21(19)15-32-17-29(18-32)9-11-37-12-10-29)14-30-23-4-2-3-22-16-33(28(36)26(22)23)24-7-8-25(34)31-27(24)35/h2-6,13,24,30H,7-12,14-18H2,1H3,(H,31,34,35). The second-order valence-electron chi connectivity index (χ2n) is 11.1. The summed E-state index contributed by atoms with van der Waals surface area (Å²) in [4.78, 5) is 41.3. The highest BCUT2D eigenvalue weighted by Gasteiger charge is 2.43. The SMILES string of the molecule is Cc1cc(CNc2cccc3c2C(=O)N(C2CCC(=O)NC2=O)C3)ccc1CN1CC2(CCOCC2)C1. The van der Waals surface area contributed by atoms with Crippen LogP contribution in [0, 0.1) is 12.3 Å². The summed E-state index contributed by atoms with van der Waals surface area (Å²) in [5.74, 6) is -0.818. The second kappa shape index (κ2) is 9.58. The quantitative estimate of drug-likeness (QED) is 0.591. The zero-order valence-electron chi connectivity index (χ0n) is 21.3. The molecule has 0 aliphatic carbocycles. The van der Waals surface area contributed by atoms with E-state index < -0.39 is 6.04 Å². The summed E-state index contributed by atoms with van der Waals surface area (Å²) in [7, 11) is 0. The van der Waals surface area contributed by atoms with E-state index in [-0.39, 0.29) is 24.1 Å². The molecule has 1 spiro atoms. The molecule has 2 N–H and O–H groups in total. The number of benzene rings is 2. The summed E-state index contributed by atoms with van der Waals surface area (Å²) in [5, 5.41) is 5.82. The van der Waals surface area contributed by atoms with Crippen LogP contribution in [0.1, 0.15) is 58.3 Å². The largest absolute Gasteiger partial charge is 0.381 e. The van der Waals surface area contributed by atoms with Gasteiger partial charge in [0.15, 0.2) is 0 Å². The Hall–Kier alpha value is -3.23. The number of nitrogens with zero attached hydrogens (tertiary/aromatic N) is 2. The van der Waals surface area contributed by atoms with Crippen molar-refractivity contribution in [3.05, 3.63) is 64.2 Å². The second-order valence-corrected chi connectivity index (χ2v) is 11.1. The Labute approximate surface area is 217 Å². The molecule has 194 valence electrons. The summed E-state index contributed by atoms with van der Waals surface area (Å²) in [6, 6.07) is 11.8. The Kier molecular flexibility index (Phi) is 6.24. The summed E-state index contributed by atoms with van der Waals surface area (Å²) in [6.07, 6.45) is 2.99. The minimum atomic E-state index is -0.603. The molecular weight excluding hydrogens is 468 g/mol. The molecule has 3 saturated heterocycles. The molecule has 0 bridgehead atoms. The maximum atomic E-state index is 13.3. The van der Waals surface area contributed by atoms with Crippen LogP contribution in [-0.4, -0.2) is 59.9 Å². The van der Waals surface area contributed by atoms with Gasteiger partial charge in [0.2, 0.25) is 11.8 Å². The van der Waals surface area contributed by atoms with Gasteiger partial charge in [-0.1, -0.05) is 30.3 Å². The summed E-state index contributed by atoms with van der Waals surface area (Å²) < 4.78 is 5.54. The van der Waals surface area contributed by atoms with Crippen LogP contribution >= 0.6 is 0 Å². The van der Waals surface area contributed by atoms with Crippen molar-refractivity contribution in [2.45, 2.75) is 58.3 Å². The van der Waals surface area contributed by atoms with Crippen molar-refractivity contribution in [3.8, 4) is 0 Å². The number of carbonyl (C=O) groups is 3. The van der Waals surface area contributed by atoms with Crippen molar-refractivity contribution in [3.63, 3.8) is 0 Å². The average molecular weight is 503 g/mol. The van der Waals surface area contributed by atoms with E-state index in [4.69, 9.17) is 4.74 Å². The molecule has 2 aromatic rings. The Balaban J connectivity index is 1.09. The van der Waals surface area contributed by atoms with Crippen LogP contribution in [0.3, 0.4) is 0 Å². The van der Waals surface area contributed by atoms with Gasteiger partial charge >= 0.3 is 0 Å². The molecule has 0 radical (unpaired) electrons. The zero-order valence-corrected chi connectivity index (χ0v) is 21.3. The van der Waals surface area contributed by atoms with Crippen molar-refractivity contribution in [1.82, 2.24) is 15.1 Å². The van der Waals surface area contributed by atoms with E-state index in [9.17, 15) is 14.4 Å². The number of hydrogen-bond acceptors (Lipinski definition) is 6. The lowest BCUT2D eigenvalue weighted by molar-refractivity contribution is -0.136. The molecule has 2 aromatic carbocycles. The molecule has 3 amide bonds. The number of anilines is 1. The first-order valence-corrected chi connectivity index (χ1v) is 13.3. The fourth-order valence-electron chi connectivity index (χ4n) is 6.38. The highest BCUT2D eigenvalue weighted by molar-refractivity contribution is 6.07. The van der Waals surface area contributed by atoms with Gasteiger partial charge < -0.3 is 15.0 Å². The van der Waals surface area contributed by atoms with Gasteiger partial charge in [-0.15, -0.1) is 0 Å². The van der Waals surface area contributed by atoms with Gasteiger partial charge in [-0.05, 0) is 54.5 Å². The molecule has 1 unspecified atom stereocenters. The lowest BCUT2D eigenvalue weighted by atomic mass is 9.73. The van der Waals surface area contributed by atoms with Crippen LogP contribution < -0.4 is 10.6 Å². The predicted molar refractivity (Wildman–Crippen MR) is 139 cm³/mol. The first kappa shape index (κ1) is 24.1. The number of likely N-dealkylation sites (tertiary alicyclic amines) is 1. The number of aryl methyl sites for hydroxylation is 1. The third-order valence-electron chi connectivity index (χ3n) is 8.51. The van der Waals surface area contributed by atoms with E-state index in [1.165, 1.54) is 37.1 Å². The van der Waals surface area contributed by atoms with Gasteiger partial charge in [-0.2, -0.15) is 0 Å². The van der Waals surface area contributed by atoms with E-state index >= 15 is 0 Å². The number of fused-ring (bicyclic) bond motifs is 1. The van der Waals surface area contributed by atoms with Crippen LogP contribution in [0.4, 0.5) is 5.69 Å². The first-order valence-electron chi connectivity index (χ1n) is 13.3. The summed E-state index contributed by atoms with van der Waals surface area (Å²) in [5.41, 5.74) is 6.60. The Morgan fingerprint density at radius 2 is 1.92 bits per heavy atom. The molecular formula is C29H34N4O4. The minimum Gasteiger partial charge on any atom is -0.381 e. The van der Waals surface area contributed by atoms with E-state index in [1.807, 2.05) is 18.2 Å².